The predicted octanol–water partition coefficient (Wildman–Crippen LogP) is 1.34. The zero-order valence-electron chi connectivity index (χ0n) is 11.1. The molecule has 5 heteroatoms. The Hall–Kier alpha value is -1.36. The third kappa shape index (κ3) is 3.10. The average Bonchev–Trinajstić information content (AvgIpc) is 2.77. The van der Waals surface area contributed by atoms with E-state index in [9.17, 15) is 4.79 Å². The molecule has 5 nitrogen and oxygen atoms in total. The van der Waals surface area contributed by atoms with Gasteiger partial charge >= 0.3 is 5.97 Å². The van der Waals surface area contributed by atoms with Crippen molar-refractivity contribution in [1.82, 2.24) is 14.5 Å². The summed E-state index contributed by atoms with van der Waals surface area (Å²) >= 11 is 0. The van der Waals surface area contributed by atoms with Crippen LogP contribution in [0, 0.1) is 0 Å². The SMILES string of the molecule is COC(=O)CC1CCCCN1Cc1nccn1C. The summed E-state index contributed by atoms with van der Waals surface area (Å²) in [5.74, 6) is 0.929. The molecule has 1 atom stereocenters. The first-order valence-corrected chi connectivity index (χ1v) is 6.47. The molecule has 0 aliphatic carbocycles. The van der Waals surface area contributed by atoms with E-state index < -0.39 is 0 Å². The van der Waals surface area contributed by atoms with Crippen LogP contribution >= 0.6 is 0 Å². The summed E-state index contributed by atoms with van der Waals surface area (Å²) in [6, 6.07) is 0.294. The topological polar surface area (TPSA) is 47.4 Å². The third-order valence-electron chi connectivity index (χ3n) is 3.64. The lowest BCUT2D eigenvalue weighted by molar-refractivity contribution is -0.142. The summed E-state index contributed by atoms with van der Waals surface area (Å²) in [7, 11) is 3.45. The first-order valence-electron chi connectivity index (χ1n) is 6.47. The molecule has 100 valence electrons. The quantitative estimate of drug-likeness (QED) is 0.758. The first-order chi connectivity index (χ1) is 8.70. The Labute approximate surface area is 108 Å². The summed E-state index contributed by atoms with van der Waals surface area (Å²) in [5.41, 5.74) is 0. The van der Waals surface area contributed by atoms with Gasteiger partial charge in [0.05, 0.1) is 20.1 Å². The summed E-state index contributed by atoms with van der Waals surface area (Å²) in [6.45, 7) is 1.85. The Morgan fingerprint density at radius 1 is 1.56 bits per heavy atom. The molecule has 0 bridgehead atoms. The van der Waals surface area contributed by atoms with E-state index in [4.69, 9.17) is 4.74 Å². The van der Waals surface area contributed by atoms with Crippen LogP contribution in [0.15, 0.2) is 12.4 Å². The number of hydrogen-bond acceptors (Lipinski definition) is 4. The summed E-state index contributed by atoms with van der Waals surface area (Å²) < 4.78 is 6.81. The van der Waals surface area contributed by atoms with Crippen molar-refractivity contribution in [3.63, 3.8) is 0 Å². The molecule has 1 fully saturated rings. The van der Waals surface area contributed by atoms with Crippen LogP contribution < -0.4 is 0 Å². The van der Waals surface area contributed by atoms with Crippen molar-refractivity contribution in [2.45, 2.75) is 38.3 Å². The van der Waals surface area contributed by atoms with Crippen molar-refractivity contribution in [3.8, 4) is 0 Å². The lowest BCUT2D eigenvalue weighted by atomic mass is 9.99. The molecule has 1 aliphatic heterocycles. The molecule has 0 spiro atoms. The minimum absolute atomic E-state index is 0.119. The molecule has 1 aliphatic rings. The number of nitrogens with zero attached hydrogens (tertiary/aromatic N) is 3. The van der Waals surface area contributed by atoms with E-state index in [0.29, 0.717) is 12.5 Å². The second-order valence-corrected chi connectivity index (χ2v) is 4.85. The van der Waals surface area contributed by atoms with Crippen molar-refractivity contribution in [2.75, 3.05) is 13.7 Å². The molecule has 2 rings (SSSR count). The molecule has 1 aromatic heterocycles. The number of carbonyl (C=O) groups is 1. The molecular formula is C13H21N3O2. The van der Waals surface area contributed by atoms with Crippen LogP contribution in [0.4, 0.5) is 0 Å². The molecular weight excluding hydrogens is 230 g/mol. The van der Waals surface area contributed by atoms with Gasteiger partial charge in [0.2, 0.25) is 0 Å². The fraction of sp³-hybridized carbons (Fsp3) is 0.692. The number of piperidine rings is 1. The van der Waals surface area contributed by atoms with Crippen LogP contribution in [0.25, 0.3) is 0 Å². The molecule has 0 saturated carbocycles. The van der Waals surface area contributed by atoms with Gasteiger partial charge in [-0.15, -0.1) is 0 Å². The predicted molar refractivity (Wildman–Crippen MR) is 67.9 cm³/mol. The number of carbonyl (C=O) groups excluding carboxylic acids is 1. The second kappa shape index (κ2) is 6.00. The number of aryl methyl sites for hydroxylation is 1. The lowest BCUT2D eigenvalue weighted by Gasteiger charge is -2.34. The summed E-state index contributed by atoms with van der Waals surface area (Å²) in [5, 5.41) is 0. The number of likely N-dealkylation sites (tertiary alicyclic amines) is 1. The van der Waals surface area contributed by atoms with Crippen molar-refractivity contribution in [1.29, 1.82) is 0 Å². The van der Waals surface area contributed by atoms with Gasteiger partial charge in [0.1, 0.15) is 5.82 Å². The molecule has 1 unspecified atom stereocenters. The van der Waals surface area contributed by atoms with Gasteiger partial charge < -0.3 is 9.30 Å². The second-order valence-electron chi connectivity index (χ2n) is 4.85. The number of ether oxygens (including phenoxy) is 1. The fourth-order valence-corrected chi connectivity index (χ4v) is 2.51. The van der Waals surface area contributed by atoms with Gasteiger partial charge in [0.15, 0.2) is 0 Å². The molecule has 0 N–H and O–H groups in total. The summed E-state index contributed by atoms with van der Waals surface area (Å²) in [6.07, 6.45) is 7.71. The van der Waals surface area contributed by atoms with Crippen LogP contribution in [-0.2, 0) is 23.1 Å². The highest BCUT2D eigenvalue weighted by Crippen LogP contribution is 2.21. The van der Waals surface area contributed by atoms with Crippen LogP contribution in [-0.4, -0.2) is 40.1 Å². The maximum Gasteiger partial charge on any atom is 0.307 e. The van der Waals surface area contributed by atoms with Crippen molar-refractivity contribution in [2.24, 2.45) is 7.05 Å². The van der Waals surface area contributed by atoms with Gasteiger partial charge in [-0.2, -0.15) is 0 Å². The van der Waals surface area contributed by atoms with Crippen LogP contribution in [0.3, 0.4) is 0 Å². The van der Waals surface area contributed by atoms with E-state index in [1.54, 1.807) is 0 Å². The van der Waals surface area contributed by atoms with Gasteiger partial charge in [-0.3, -0.25) is 9.69 Å². The Kier molecular flexibility index (Phi) is 4.36. The van der Waals surface area contributed by atoms with Gasteiger partial charge in [-0.05, 0) is 19.4 Å². The standard InChI is InChI=1S/C13H21N3O2/c1-15-8-6-14-12(15)10-16-7-4-3-5-11(16)9-13(17)18-2/h6,8,11H,3-5,7,9-10H2,1-2H3. The molecule has 1 saturated heterocycles. The normalized spacial score (nSPS) is 20.9. The highest BCUT2D eigenvalue weighted by molar-refractivity contribution is 5.69. The maximum atomic E-state index is 11.4. The Balaban J connectivity index is 1.99. The zero-order chi connectivity index (χ0) is 13.0. The van der Waals surface area contributed by atoms with E-state index in [2.05, 4.69) is 9.88 Å². The zero-order valence-corrected chi connectivity index (χ0v) is 11.1. The van der Waals surface area contributed by atoms with Gasteiger partial charge in [-0.25, -0.2) is 4.98 Å². The smallest absolute Gasteiger partial charge is 0.307 e. The number of esters is 1. The Morgan fingerprint density at radius 3 is 3.06 bits per heavy atom. The molecule has 18 heavy (non-hydrogen) atoms. The van der Waals surface area contributed by atoms with Gasteiger partial charge in [-0.1, -0.05) is 6.42 Å². The monoisotopic (exact) mass is 251 g/mol. The van der Waals surface area contributed by atoms with Gasteiger partial charge in [0.25, 0.3) is 0 Å². The molecule has 0 amide bonds. The lowest BCUT2D eigenvalue weighted by Crippen LogP contribution is -2.40. The minimum Gasteiger partial charge on any atom is -0.469 e. The van der Waals surface area contributed by atoms with Crippen LogP contribution in [0.1, 0.15) is 31.5 Å². The number of imidazole rings is 1. The Bertz CT molecular complexity index is 403. The summed E-state index contributed by atoms with van der Waals surface area (Å²) in [4.78, 5) is 18.1. The number of aromatic nitrogens is 2. The van der Waals surface area contributed by atoms with Gasteiger partial charge in [0, 0.05) is 25.5 Å². The largest absolute Gasteiger partial charge is 0.469 e. The molecule has 0 aromatic carbocycles. The van der Waals surface area contributed by atoms with Crippen molar-refractivity contribution < 1.29 is 9.53 Å². The van der Waals surface area contributed by atoms with E-state index in [1.165, 1.54) is 20.0 Å². The molecule has 2 heterocycles. The van der Waals surface area contributed by atoms with Crippen LogP contribution in [0.2, 0.25) is 0 Å². The van der Waals surface area contributed by atoms with E-state index in [0.717, 1.165) is 25.3 Å². The highest BCUT2D eigenvalue weighted by Gasteiger charge is 2.25. The number of methoxy groups -OCH3 is 1. The van der Waals surface area contributed by atoms with Crippen LogP contribution in [0.5, 0.6) is 0 Å². The van der Waals surface area contributed by atoms with E-state index in [-0.39, 0.29) is 5.97 Å². The van der Waals surface area contributed by atoms with E-state index >= 15 is 0 Å². The maximum absolute atomic E-state index is 11.4. The van der Waals surface area contributed by atoms with Crippen molar-refractivity contribution in [3.05, 3.63) is 18.2 Å². The Morgan fingerprint density at radius 2 is 2.39 bits per heavy atom. The fourth-order valence-electron chi connectivity index (χ4n) is 2.51. The third-order valence-corrected chi connectivity index (χ3v) is 3.64. The number of rotatable bonds is 4. The number of hydrogen-bond donors (Lipinski definition) is 0. The highest BCUT2D eigenvalue weighted by atomic mass is 16.5. The van der Waals surface area contributed by atoms with Crippen molar-refractivity contribution >= 4 is 5.97 Å². The molecule has 1 aromatic rings. The first kappa shape index (κ1) is 13.1. The van der Waals surface area contributed by atoms with E-state index in [1.807, 2.05) is 24.0 Å². The minimum atomic E-state index is -0.119. The average molecular weight is 251 g/mol. The molecule has 0 radical (unpaired) electrons.